The van der Waals surface area contributed by atoms with E-state index in [4.69, 9.17) is 11.6 Å². The van der Waals surface area contributed by atoms with E-state index in [1.807, 2.05) is 0 Å². The van der Waals surface area contributed by atoms with Gasteiger partial charge in [0, 0.05) is 6.54 Å². The smallest absolute Gasteiger partial charge is 0.148 e. The minimum atomic E-state index is 0.442. The highest BCUT2D eigenvalue weighted by atomic mass is 79.9. The van der Waals surface area contributed by atoms with Gasteiger partial charge in [-0.15, -0.1) is 0 Å². The van der Waals surface area contributed by atoms with Crippen molar-refractivity contribution in [3.8, 4) is 0 Å². The fourth-order valence-electron chi connectivity index (χ4n) is 1.29. The second kappa shape index (κ2) is 6.28. The first-order chi connectivity index (χ1) is 7.19. The van der Waals surface area contributed by atoms with Crippen molar-refractivity contribution in [3.63, 3.8) is 0 Å². The average molecular weight is 293 g/mol. The van der Waals surface area contributed by atoms with Gasteiger partial charge in [-0.2, -0.15) is 0 Å². The molecule has 1 aromatic heterocycles. The minimum Gasteiger partial charge on any atom is -0.369 e. The van der Waals surface area contributed by atoms with Crippen LogP contribution < -0.4 is 5.32 Å². The zero-order chi connectivity index (χ0) is 11.3. The molecule has 0 amide bonds. The summed E-state index contributed by atoms with van der Waals surface area (Å²) < 4.78 is 0.734. The molecule has 3 nitrogen and oxygen atoms in total. The van der Waals surface area contributed by atoms with Crippen molar-refractivity contribution in [1.29, 1.82) is 0 Å². The van der Waals surface area contributed by atoms with Crippen molar-refractivity contribution in [1.82, 2.24) is 9.97 Å². The number of anilines is 1. The molecule has 5 heteroatoms. The molecular formula is C10H15BrClN3. The Kier molecular flexibility index (Phi) is 5.32. The molecule has 0 aliphatic carbocycles. The normalized spacial score (nSPS) is 10.7. The zero-order valence-corrected chi connectivity index (χ0v) is 11.3. The minimum absolute atomic E-state index is 0.442. The van der Waals surface area contributed by atoms with Gasteiger partial charge in [-0.25, -0.2) is 9.97 Å². The lowest BCUT2D eigenvalue weighted by Gasteiger charge is -2.14. The van der Waals surface area contributed by atoms with Gasteiger partial charge in [0.15, 0.2) is 0 Å². The summed E-state index contributed by atoms with van der Waals surface area (Å²) in [5.74, 6) is 1.44. The van der Waals surface area contributed by atoms with Gasteiger partial charge < -0.3 is 5.32 Å². The molecule has 1 heterocycles. The highest BCUT2D eigenvalue weighted by Gasteiger charge is 2.08. The van der Waals surface area contributed by atoms with Crippen molar-refractivity contribution < 1.29 is 0 Å². The summed E-state index contributed by atoms with van der Waals surface area (Å²) >= 11 is 9.21. The summed E-state index contributed by atoms with van der Waals surface area (Å²) in [6.45, 7) is 5.30. The van der Waals surface area contributed by atoms with Gasteiger partial charge in [-0.1, -0.05) is 38.3 Å². The lowest BCUT2D eigenvalue weighted by Crippen LogP contribution is -2.14. The van der Waals surface area contributed by atoms with E-state index in [2.05, 4.69) is 45.1 Å². The van der Waals surface area contributed by atoms with Crippen LogP contribution in [0.2, 0.25) is 5.15 Å². The Labute approximate surface area is 104 Å². The molecule has 1 aromatic rings. The van der Waals surface area contributed by atoms with Crippen LogP contribution in [0, 0.1) is 5.92 Å². The Morgan fingerprint density at radius 1 is 1.40 bits per heavy atom. The van der Waals surface area contributed by atoms with Crippen LogP contribution in [0.15, 0.2) is 10.8 Å². The third-order valence-corrected chi connectivity index (χ3v) is 3.73. The Bertz CT molecular complexity index is 316. The van der Waals surface area contributed by atoms with Gasteiger partial charge in [-0.3, -0.25) is 0 Å². The Balaban J connectivity index is 2.61. The monoisotopic (exact) mass is 291 g/mol. The maximum atomic E-state index is 5.86. The number of nitrogens with one attached hydrogen (secondary N) is 1. The molecule has 0 bridgehead atoms. The quantitative estimate of drug-likeness (QED) is 0.840. The van der Waals surface area contributed by atoms with E-state index in [9.17, 15) is 0 Å². The van der Waals surface area contributed by atoms with Crippen LogP contribution in [0.1, 0.15) is 26.7 Å². The van der Waals surface area contributed by atoms with E-state index < -0.39 is 0 Å². The summed E-state index contributed by atoms with van der Waals surface area (Å²) in [7, 11) is 0. The molecule has 15 heavy (non-hydrogen) atoms. The molecule has 0 fully saturated rings. The molecule has 84 valence electrons. The summed E-state index contributed by atoms with van der Waals surface area (Å²) in [4.78, 5) is 8.00. The Morgan fingerprint density at radius 3 is 2.67 bits per heavy atom. The third-order valence-electron chi connectivity index (χ3n) is 2.46. The first kappa shape index (κ1) is 12.7. The van der Waals surface area contributed by atoms with Gasteiger partial charge in [-0.05, 0) is 21.8 Å². The third kappa shape index (κ3) is 3.61. The zero-order valence-electron chi connectivity index (χ0n) is 8.93. The van der Waals surface area contributed by atoms with Crippen molar-refractivity contribution >= 4 is 33.3 Å². The number of halogens is 2. The lowest BCUT2D eigenvalue weighted by molar-refractivity contribution is 0.518. The first-order valence-electron chi connectivity index (χ1n) is 5.08. The molecule has 1 rings (SSSR count). The van der Waals surface area contributed by atoms with E-state index in [1.54, 1.807) is 0 Å². The molecule has 0 saturated heterocycles. The molecule has 0 saturated carbocycles. The summed E-state index contributed by atoms with van der Waals surface area (Å²) in [6.07, 6.45) is 3.79. The molecule has 0 aromatic carbocycles. The van der Waals surface area contributed by atoms with Gasteiger partial charge in [0.25, 0.3) is 0 Å². The molecule has 0 unspecified atom stereocenters. The predicted molar refractivity (Wildman–Crippen MR) is 67.3 cm³/mol. The Morgan fingerprint density at radius 2 is 2.07 bits per heavy atom. The maximum absolute atomic E-state index is 5.86. The van der Waals surface area contributed by atoms with Gasteiger partial charge >= 0.3 is 0 Å². The molecule has 1 N–H and O–H groups in total. The van der Waals surface area contributed by atoms with Crippen molar-refractivity contribution in [3.05, 3.63) is 16.0 Å². The summed E-state index contributed by atoms with van der Waals surface area (Å²) in [5.41, 5.74) is 0. The summed E-state index contributed by atoms with van der Waals surface area (Å²) in [6, 6.07) is 0. The molecular weight excluding hydrogens is 277 g/mol. The van der Waals surface area contributed by atoms with Gasteiger partial charge in [0.1, 0.15) is 17.3 Å². The number of hydrogen-bond acceptors (Lipinski definition) is 3. The fraction of sp³-hybridized carbons (Fsp3) is 0.600. The van der Waals surface area contributed by atoms with Gasteiger partial charge in [0.2, 0.25) is 0 Å². The van der Waals surface area contributed by atoms with Crippen LogP contribution >= 0.6 is 27.5 Å². The second-order valence-corrected chi connectivity index (χ2v) is 4.54. The summed E-state index contributed by atoms with van der Waals surface area (Å²) in [5, 5.41) is 3.71. The number of aromatic nitrogens is 2. The molecule has 0 aliphatic heterocycles. The van der Waals surface area contributed by atoms with Crippen molar-refractivity contribution in [2.24, 2.45) is 5.92 Å². The standard InChI is InChI=1S/C10H15BrClN3/c1-3-7(4-2)5-13-10-8(11)9(12)14-6-15-10/h6-7H,3-5H2,1-2H3,(H,13,14,15). The average Bonchev–Trinajstić information content (AvgIpc) is 2.25. The van der Waals surface area contributed by atoms with Crippen LogP contribution in [0.4, 0.5) is 5.82 Å². The molecule has 0 spiro atoms. The predicted octanol–water partition coefficient (Wildman–Crippen LogP) is 3.74. The lowest BCUT2D eigenvalue weighted by atomic mass is 10.0. The molecule has 0 atom stereocenters. The van der Waals surface area contributed by atoms with Crippen LogP contribution in [0.5, 0.6) is 0 Å². The van der Waals surface area contributed by atoms with E-state index in [-0.39, 0.29) is 0 Å². The van der Waals surface area contributed by atoms with E-state index in [1.165, 1.54) is 19.2 Å². The largest absolute Gasteiger partial charge is 0.369 e. The van der Waals surface area contributed by atoms with E-state index in [0.29, 0.717) is 11.1 Å². The fourth-order valence-corrected chi connectivity index (χ4v) is 1.77. The number of nitrogens with zero attached hydrogens (tertiary/aromatic N) is 2. The topological polar surface area (TPSA) is 37.8 Å². The van der Waals surface area contributed by atoms with Crippen LogP contribution in [0.25, 0.3) is 0 Å². The second-order valence-electron chi connectivity index (χ2n) is 3.39. The Hall–Kier alpha value is -0.350. The first-order valence-corrected chi connectivity index (χ1v) is 6.26. The maximum Gasteiger partial charge on any atom is 0.148 e. The van der Waals surface area contributed by atoms with Crippen molar-refractivity contribution in [2.75, 3.05) is 11.9 Å². The number of hydrogen-bond donors (Lipinski definition) is 1. The van der Waals surface area contributed by atoms with Crippen LogP contribution in [-0.2, 0) is 0 Å². The highest BCUT2D eigenvalue weighted by molar-refractivity contribution is 9.10. The SMILES string of the molecule is CCC(CC)CNc1ncnc(Cl)c1Br. The van der Waals surface area contributed by atoms with Crippen LogP contribution in [-0.4, -0.2) is 16.5 Å². The van der Waals surface area contributed by atoms with Crippen LogP contribution in [0.3, 0.4) is 0 Å². The molecule has 0 radical (unpaired) electrons. The number of rotatable bonds is 5. The highest BCUT2D eigenvalue weighted by Crippen LogP contribution is 2.26. The van der Waals surface area contributed by atoms with E-state index >= 15 is 0 Å². The molecule has 0 aliphatic rings. The van der Waals surface area contributed by atoms with Gasteiger partial charge in [0.05, 0.1) is 4.47 Å². The van der Waals surface area contributed by atoms with Crippen molar-refractivity contribution in [2.45, 2.75) is 26.7 Å². The van der Waals surface area contributed by atoms with E-state index in [0.717, 1.165) is 16.8 Å².